The molecule has 3 saturated heterocycles. The van der Waals surface area contributed by atoms with Crippen molar-refractivity contribution in [3.05, 3.63) is 81.6 Å². The number of nitrogens with two attached hydrogens (primary N) is 1. The molecule has 4 N–H and O–H groups in total. The average Bonchev–Trinajstić information content (AvgIpc) is 3.32. The molecular formula is C49H59ClF3N9O6. The Hall–Kier alpha value is -5.72. The maximum Gasteiger partial charge on any atom is 0.416 e. The molecule has 3 aliphatic heterocycles. The number of alkyl halides is 3. The van der Waals surface area contributed by atoms with Crippen LogP contribution in [0.15, 0.2) is 48.5 Å². The number of urea groups is 1. The van der Waals surface area contributed by atoms with Crippen LogP contribution in [0.25, 0.3) is 10.9 Å². The van der Waals surface area contributed by atoms with Gasteiger partial charge in [-0.3, -0.25) is 29.5 Å². The number of imide groups is 1. The van der Waals surface area contributed by atoms with Crippen molar-refractivity contribution in [2.45, 2.75) is 76.9 Å². The number of rotatable bonds is 13. The predicted octanol–water partition coefficient (Wildman–Crippen LogP) is 7.81. The van der Waals surface area contributed by atoms with E-state index < -0.39 is 23.8 Å². The number of carbonyl (C=O) groups is 4. The largest absolute Gasteiger partial charge is 0.496 e. The van der Waals surface area contributed by atoms with Gasteiger partial charge in [0, 0.05) is 94.0 Å². The number of halogens is 4. The highest BCUT2D eigenvalue weighted by Crippen LogP contribution is 2.43. The SMILES string of the molecule is COc1cc2nc(C)nc(N[C@H](C)c3cc(N)cc(C(F)(F)F)c3)c2cc1C1CCC(C(=O)N2CCN(CCOCC3CCN(C(=O)c4ccc(Cl)c(N5CCC(=O)NC5=O)c4)CC3)CC2)CC1. The van der Waals surface area contributed by atoms with Gasteiger partial charge in [0.25, 0.3) is 5.91 Å². The summed E-state index contributed by atoms with van der Waals surface area (Å²) in [6.45, 7) is 9.81. The number of nitrogens with zero attached hydrogens (tertiary/aromatic N) is 6. The summed E-state index contributed by atoms with van der Waals surface area (Å²) < 4.78 is 52.8. The summed E-state index contributed by atoms with van der Waals surface area (Å²) in [7, 11) is 1.63. The van der Waals surface area contributed by atoms with Gasteiger partial charge in [0.2, 0.25) is 11.8 Å². The molecule has 15 nitrogen and oxygen atoms in total. The van der Waals surface area contributed by atoms with Crippen LogP contribution in [-0.4, -0.2) is 121 Å². The number of anilines is 3. The molecule has 4 fully saturated rings. The average molecular weight is 963 g/mol. The Morgan fingerprint density at radius 3 is 2.35 bits per heavy atom. The second-order valence-electron chi connectivity index (χ2n) is 18.4. The topological polar surface area (TPSA) is 176 Å². The number of methoxy groups -OCH3 is 1. The summed E-state index contributed by atoms with van der Waals surface area (Å²) in [5.74, 6) is 1.85. The van der Waals surface area contributed by atoms with Crippen LogP contribution < -0.4 is 26.0 Å². The van der Waals surface area contributed by atoms with E-state index in [0.29, 0.717) is 90.1 Å². The number of benzene rings is 3. The van der Waals surface area contributed by atoms with Crippen molar-refractivity contribution < 1.29 is 41.8 Å². The highest BCUT2D eigenvalue weighted by molar-refractivity contribution is 6.34. The molecule has 364 valence electrons. The van der Waals surface area contributed by atoms with Gasteiger partial charge in [-0.1, -0.05) is 11.6 Å². The molecule has 3 aromatic carbocycles. The zero-order valence-corrected chi connectivity index (χ0v) is 39.4. The van der Waals surface area contributed by atoms with Gasteiger partial charge in [-0.2, -0.15) is 13.2 Å². The lowest BCUT2D eigenvalue weighted by Crippen LogP contribution is -2.51. The number of fused-ring (bicyclic) bond motifs is 1. The highest BCUT2D eigenvalue weighted by Gasteiger charge is 2.35. The number of aryl methyl sites for hydroxylation is 1. The van der Waals surface area contributed by atoms with E-state index in [1.165, 1.54) is 11.0 Å². The Kier molecular flexibility index (Phi) is 15.0. The number of nitrogen functional groups attached to an aromatic ring is 1. The molecular weight excluding hydrogens is 903 g/mol. The molecule has 0 spiro atoms. The van der Waals surface area contributed by atoms with Crippen LogP contribution in [0.4, 0.5) is 35.2 Å². The van der Waals surface area contributed by atoms with Crippen LogP contribution in [0.5, 0.6) is 5.75 Å². The van der Waals surface area contributed by atoms with Crippen LogP contribution in [0.1, 0.15) is 96.7 Å². The van der Waals surface area contributed by atoms with E-state index in [9.17, 15) is 32.3 Å². The van der Waals surface area contributed by atoms with Crippen molar-refractivity contribution in [1.82, 2.24) is 30.0 Å². The van der Waals surface area contributed by atoms with Crippen molar-refractivity contribution in [3.8, 4) is 5.75 Å². The number of aromatic nitrogens is 2. The lowest BCUT2D eigenvalue weighted by atomic mass is 9.77. The molecule has 8 rings (SSSR count). The molecule has 1 aromatic heterocycles. The first-order valence-corrected chi connectivity index (χ1v) is 23.8. The van der Waals surface area contributed by atoms with E-state index in [1.54, 1.807) is 39.2 Å². The summed E-state index contributed by atoms with van der Waals surface area (Å²) in [6, 6.07) is 11.3. The minimum atomic E-state index is -4.53. The molecule has 0 unspecified atom stereocenters. The molecule has 1 aliphatic carbocycles. The summed E-state index contributed by atoms with van der Waals surface area (Å²) in [5.41, 5.74) is 7.96. The Morgan fingerprint density at radius 2 is 1.66 bits per heavy atom. The summed E-state index contributed by atoms with van der Waals surface area (Å²) in [4.78, 5) is 68.1. The first kappa shape index (κ1) is 48.7. The van der Waals surface area contributed by atoms with Crippen molar-refractivity contribution in [1.29, 1.82) is 0 Å². The smallest absolute Gasteiger partial charge is 0.416 e. The second kappa shape index (κ2) is 20.9. The second-order valence-corrected chi connectivity index (χ2v) is 18.8. The summed E-state index contributed by atoms with van der Waals surface area (Å²) >= 11 is 6.39. The Morgan fingerprint density at radius 1 is 0.926 bits per heavy atom. The number of carbonyl (C=O) groups excluding carboxylic acids is 4. The number of ether oxygens (including phenoxy) is 2. The number of piperidine rings is 1. The minimum absolute atomic E-state index is 0.0260. The molecule has 5 amide bonds. The molecule has 4 aromatic rings. The van der Waals surface area contributed by atoms with Crippen molar-refractivity contribution in [2.24, 2.45) is 11.8 Å². The van der Waals surface area contributed by atoms with Gasteiger partial charge in [-0.05, 0) is 118 Å². The third-order valence-electron chi connectivity index (χ3n) is 13.9. The molecule has 0 bridgehead atoms. The molecule has 19 heteroatoms. The normalized spacial score (nSPS) is 20.4. The van der Waals surface area contributed by atoms with Crippen LogP contribution in [0.3, 0.4) is 0 Å². The molecule has 68 heavy (non-hydrogen) atoms. The number of hydrogen-bond acceptors (Lipinski definition) is 11. The van der Waals surface area contributed by atoms with Gasteiger partial charge >= 0.3 is 12.2 Å². The zero-order chi connectivity index (χ0) is 48.3. The van der Waals surface area contributed by atoms with Gasteiger partial charge in [-0.25, -0.2) is 14.8 Å². The number of likely N-dealkylation sites (tertiary alicyclic amines) is 1. The van der Waals surface area contributed by atoms with Crippen molar-refractivity contribution in [3.63, 3.8) is 0 Å². The molecule has 0 radical (unpaired) electrons. The van der Waals surface area contributed by atoms with E-state index in [0.717, 1.165) is 81.2 Å². The van der Waals surface area contributed by atoms with Crippen molar-refractivity contribution in [2.75, 3.05) is 88.6 Å². The van der Waals surface area contributed by atoms with Gasteiger partial charge < -0.3 is 30.3 Å². The fourth-order valence-corrected chi connectivity index (χ4v) is 10.2. The number of hydrogen-bond donors (Lipinski definition) is 3. The van der Waals surface area contributed by atoms with E-state index in [1.807, 2.05) is 21.9 Å². The third-order valence-corrected chi connectivity index (χ3v) is 14.2. The van der Waals surface area contributed by atoms with Crippen molar-refractivity contribution >= 4 is 63.4 Å². The molecule has 4 aliphatic rings. The van der Waals surface area contributed by atoms with E-state index >= 15 is 0 Å². The Labute approximate surface area is 398 Å². The quantitative estimate of drug-likeness (QED) is 0.0881. The van der Waals surface area contributed by atoms with Gasteiger partial charge in [0.15, 0.2) is 0 Å². The first-order valence-electron chi connectivity index (χ1n) is 23.4. The van der Waals surface area contributed by atoms with E-state index in [2.05, 4.69) is 25.5 Å². The fraction of sp³-hybridized carbons (Fsp3) is 0.510. The molecule has 4 heterocycles. The number of amides is 5. The van der Waals surface area contributed by atoms with Gasteiger partial charge in [-0.15, -0.1) is 0 Å². The zero-order valence-electron chi connectivity index (χ0n) is 38.7. The van der Waals surface area contributed by atoms with Gasteiger partial charge in [0.05, 0.1) is 41.5 Å². The number of piperazine rings is 1. The summed E-state index contributed by atoms with van der Waals surface area (Å²) in [5, 5.41) is 6.67. The van der Waals surface area contributed by atoms with E-state index in [-0.39, 0.29) is 48.2 Å². The Balaban J connectivity index is 0.770. The highest BCUT2D eigenvalue weighted by atomic mass is 35.5. The minimum Gasteiger partial charge on any atom is -0.496 e. The van der Waals surface area contributed by atoms with E-state index in [4.69, 9.17) is 26.8 Å². The van der Waals surface area contributed by atoms with Crippen LogP contribution >= 0.6 is 11.6 Å². The summed E-state index contributed by atoms with van der Waals surface area (Å²) in [6.07, 6.45) is 0.364. The van der Waals surface area contributed by atoms with Crippen LogP contribution in [0.2, 0.25) is 5.02 Å². The van der Waals surface area contributed by atoms with Gasteiger partial charge in [0.1, 0.15) is 17.4 Å². The lowest BCUT2D eigenvalue weighted by molar-refractivity contribution is -0.139. The van der Waals surface area contributed by atoms with Crippen LogP contribution in [0, 0.1) is 18.8 Å². The third kappa shape index (κ3) is 11.2. The first-order chi connectivity index (χ1) is 32.5. The monoisotopic (exact) mass is 961 g/mol. The Bertz CT molecular complexity index is 2520. The number of nitrogens with one attached hydrogen (secondary N) is 2. The standard InChI is InChI=1S/C49H59ClF3N9O6/c1-29(35-22-36(49(51,52)53)25-37(54)23-35)55-45-39-26-38(43(67-3)27-41(39)56-30(2)57-45)32-4-6-33(7-5-32)46(64)61-18-16-59(17-19-61)20-21-68-28-31-10-13-60(14-11-31)47(65)34-8-9-40(50)42(24-34)62-15-12-44(63)58-48(62)66/h8-9,22-27,29,31-33H,4-7,10-21,28,54H2,1-3H3,(H,55,56,57)(H,58,63,66)/t29-,32?,33?/m1/s1. The molecule has 1 atom stereocenters. The predicted molar refractivity (Wildman–Crippen MR) is 253 cm³/mol. The maximum atomic E-state index is 13.8. The molecule has 1 saturated carbocycles. The lowest BCUT2D eigenvalue weighted by Gasteiger charge is -2.38. The van der Waals surface area contributed by atoms with Crippen LogP contribution in [-0.2, 0) is 20.5 Å². The fourth-order valence-electron chi connectivity index (χ4n) is 9.95. The maximum absolute atomic E-state index is 13.8.